The van der Waals surface area contributed by atoms with Crippen LogP contribution in [-0.4, -0.2) is 36.2 Å². The Bertz CT molecular complexity index is 500. The Hall–Kier alpha value is -2.24. The quantitative estimate of drug-likeness (QED) is 0.850. The molecule has 1 aromatic rings. The molecule has 1 unspecified atom stereocenters. The van der Waals surface area contributed by atoms with Crippen molar-refractivity contribution in [3.63, 3.8) is 0 Å². The van der Waals surface area contributed by atoms with Crippen LogP contribution in [0.2, 0.25) is 0 Å². The summed E-state index contributed by atoms with van der Waals surface area (Å²) < 4.78 is 10.8. The van der Waals surface area contributed by atoms with Crippen molar-refractivity contribution in [1.82, 2.24) is 5.32 Å². The monoisotopic (exact) mass is 265 g/mol. The molecule has 102 valence electrons. The van der Waals surface area contributed by atoms with Crippen LogP contribution in [0.15, 0.2) is 18.2 Å². The zero-order chi connectivity index (χ0) is 13.8. The van der Waals surface area contributed by atoms with Crippen LogP contribution in [0.4, 0.5) is 0 Å². The first-order chi connectivity index (χ1) is 9.13. The van der Waals surface area contributed by atoms with Crippen molar-refractivity contribution in [3.8, 4) is 11.5 Å². The fourth-order valence-electron chi connectivity index (χ4n) is 1.83. The van der Waals surface area contributed by atoms with Crippen molar-refractivity contribution in [3.05, 3.63) is 23.8 Å². The van der Waals surface area contributed by atoms with Gasteiger partial charge in [0, 0.05) is 0 Å². The first kappa shape index (κ1) is 13.2. The van der Waals surface area contributed by atoms with Crippen LogP contribution in [0.3, 0.4) is 0 Å². The fraction of sp³-hybridized carbons (Fsp3) is 0.385. The van der Waals surface area contributed by atoms with Gasteiger partial charge < -0.3 is 19.9 Å². The fourth-order valence-corrected chi connectivity index (χ4v) is 1.83. The van der Waals surface area contributed by atoms with Gasteiger partial charge in [0.1, 0.15) is 19.3 Å². The van der Waals surface area contributed by atoms with E-state index in [2.05, 4.69) is 5.32 Å². The van der Waals surface area contributed by atoms with Crippen molar-refractivity contribution in [1.29, 1.82) is 0 Å². The predicted molar refractivity (Wildman–Crippen MR) is 66.6 cm³/mol. The van der Waals surface area contributed by atoms with Gasteiger partial charge in [-0.05, 0) is 18.6 Å². The highest BCUT2D eigenvalue weighted by molar-refractivity contribution is 5.99. The zero-order valence-electron chi connectivity index (χ0n) is 10.5. The molecule has 1 aliphatic heterocycles. The van der Waals surface area contributed by atoms with E-state index >= 15 is 0 Å². The highest BCUT2D eigenvalue weighted by atomic mass is 16.6. The Kier molecular flexibility index (Phi) is 3.89. The molecule has 2 rings (SSSR count). The normalized spacial score (nSPS) is 14.6. The number of fused-ring (bicyclic) bond motifs is 1. The van der Waals surface area contributed by atoms with E-state index in [4.69, 9.17) is 14.6 Å². The highest BCUT2D eigenvalue weighted by Crippen LogP contribution is 2.33. The third-order valence-electron chi connectivity index (χ3n) is 2.82. The lowest BCUT2D eigenvalue weighted by atomic mass is 10.1. The molecule has 1 aromatic carbocycles. The summed E-state index contributed by atoms with van der Waals surface area (Å²) in [6.07, 6.45) is 0.313. The summed E-state index contributed by atoms with van der Waals surface area (Å²) >= 11 is 0. The average Bonchev–Trinajstić information content (AvgIpc) is 2.43. The number of para-hydroxylation sites is 1. The second kappa shape index (κ2) is 5.60. The zero-order valence-corrected chi connectivity index (χ0v) is 10.5. The van der Waals surface area contributed by atoms with Gasteiger partial charge in [-0.3, -0.25) is 4.79 Å². The van der Waals surface area contributed by atoms with Gasteiger partial charge in [-0.2, -0.15) is 0 Å². The van der Waals surface area contributed by atoms with Crippen LogP contribution in [0.25, 0.3) is 0 Å². The smallest absolute Gasteiger partial charge is 0.326 e. The first-order valence-electron chi connectivity index (χ1n) is 6.05. The molecule has 0 fully saturated rings. The molecule has 0 aliphatic carbocycles. The number of ether oxygens (including phenoxy) is 2. The van der Waals surface area contributed by atoms with Gasteiger partial charge in [0.15, 0.2) is 11.5 Å². The molecule has 0 saturated heterocycles. The summed E-state index contributed by atoms with van der Waals surface area (Å²) in [6.45, 7) is 2.50. The van der Waals surface area contributed by atoms with Crippen molar-refractivity contribution in [2.75, 3.05) is 13.2 Å². The van der Waals surface area contributed by atoms with Gasteiger partial charge in [-0.15, -0.1) is 0 Å². The standard InChI is InChI=1S/C13H15NO5/c1-2-9(13(16)17)14-12(15)8-4-3-5-10-11(8)19-7-6-18-10/h3-5,9H,2,6-7H2,1H3,(H,14,15)(H,16,17). The molecular formula is C13H15NO5. The topological polar surface area (TPSA) is 84.9 Å². The van der Waals surface area contributed by atoms with E-state index in [9.17, 15) is 9.59 Å². The van der Waals surface area contributed by atoms with Crippen LogP contribution < -0.4 is 14.8 Å². The largest absolute Gasteiger partial charge is 0.486 e. The number of carboxylic acid groups (broad SMARTS) is 1. The molecule has 0 saturated carbocycles. The number of nitrogens with one attached hydrogen (secondary N) is 1. The lowest BCUT2D eigenvalue weighted by Gasteiger charge is -2.21. The molecule has 0 spiro atoms. The third-order valence-corrected chi connectivity index (χ3v) is 2.82. The van der Waals surface area contributed by atoms with Crippen LogP contribution in [0, 0.1) is 0 Å². The van der Waals surface area contributed by atoms with E-state index < -0.39 is 17.9 Å². The number of hydrogen-bond donors (Lipinski definition) is 2. The van der Waals surface area contributed by atoms with Gasteiger partial charge in [0.05, 0.1) is 5.56 Å². The number of carbonyl (C=O) groups is 2. The molecule has 0 bridgehead atoms. The second-order valence-electron chi connectivity index (χ2n) is 4.10. The molecule has 19 heavy (non-hydrogen) atoms. The van der Waals surface area contributed by atoms with E-state index in [0.717, 1.165) is 0 Å². The molecule has 6 heteroatoms. The molecule has 1 heterocycles. The van der Waals surface area contributed by atoms with Crippen molar-refractivity contribution in [2.24, 2.45) is 0 Å². The highest BCUT2D eigenvalue weighted by Gasteiger charge is 2.24. The first-order valence-corrected chi connectivity index (χ1v) is 6.05. The van der Waals surface area contributed by atoms with Crippen LogP contribution in [0.5, 0.6) is 11.5 Å². The van der Waals surface area contributed by atoms with E-state index in [1.165, 1.54) is 0 Å². The van der Waals surface area contributed by atoms with Crippen molar-refractivity contribution in [2.45, 2.75) is 19.4 Å². The molecule has 6 nitrogen and oxygen atoms in total. The van der Waals surface area contributed by atoms with Gasteiger partial charge in [0.2, 0.25) is 0 Å². The van der Waals surface area contributed by atoms with Gasteiger partial charge in [0.25, 0.3) is 5.91 Å². The molecule has 2 N–H and O–H groups in total. The number of carbonyl (C=O) groups excluding carboxylic acids is 1. The maximum absolute atomic E-state index is 12.1. The minimum absolute atomic E-state index is 0.289. The van der Waals surface area contributed by atoms with E-state index in [0.29, 0.717) is 31.1 Å². The number of amides is 1. The van der Waals surface area contributed by atoms with Crippen molar-refractivity contribution < 1.29 is 24.2 Å². The number of aliphatic carboxylic acids is 1. The Balaban J connectivity index is 2.22. The summed E-state index contributed by atoms with van der Waals surface area (Å²) in [4.78, 5) is 23.0. The van der Waals surface area contributed by atoms with Crippen molar-refractivity contribution >= 4 is 11.9 Å². The third kappa shape index (κ3) is 2.78. The molecule has 0 radical (unpaired) electrons. The molecular weight excluding hydrogens is 250 g/mol. The summed E-state index contributed by atoms with van der Waals surface area (Å²) in [7, 11) is 0. The van der Waals surface area contributed by atoms with Crippen LogP contribution in [-0.2, 0) is 4.79 Å². The van der Waals surface area contributed by atoms with E-state index in [1.807, 2.05) is 0 Å². The Labute approximate surface area is 110 Å². The maximum atomic E-state index is 12.1. The summed E-state index contributed by atoms with van der Waals surface area (Å²) in [6, 6.07) is 4.05. The summed E-state index contributed by atoms with van der Waals surface area (Å²) in [5, 5.41) is 11.4. The molecule has 1 atom stereocenters. The molecule has 1 amide bonds. The predicted octanol–water partition coefficient (Wildman–Crippen LogP) is 1.05. The lowest BCUT2D eigenvalue weighted by molar-refractivity contribution is -0.139. The minimum atomic E-state index is -1.06. The summed E-state index contributed by atoms with van der Waals surface area (Å²) in [5.74, 6) is -0.664. The Morgan fingerprint density at radius 3 is 2.79 bits per heavy atom. The van der Waals surface area contributed by atoms with Gasteiger partial charge in [-0.25, -0.2) is 4.79 Å². The van der Waals surface area contributed by atoms with E-state index in [1.54, 1.807) is 25.1 Å². The second-order valence-corrected chi connectivity index (χ2v) is 4.10. The average molecular weight is 265 g/mol. The SMILES string of the molecule is CCC(NC(=O)c1cccc2c1OCCO2)C(=O)O. The number of hydrogen-bond acceptors (Lipinski definition) is 4. The van der Waals surface area contributed by atoms with Gasteiger partial charge >= 0.3 is 5.97 Å². The number of rotatable bonds is 4. The van der Waals surface area contributed by atoms with Crippen LogP contribution in [0.1, 0.15) is 23.7 Å². The summed E-state index contributed by atoms with van der Waals surface area (Å²) in [5.41, 5.74) is 0.289. The lowest BCUT2D eigenvalue weighted by Crippen LogP contribution is -2.40. The van der Waals surface area contributed by atoms with Gasteiger partial charge in [-0.1, -0.05) is 13.0 Å². The maximum Gasteiger partial charge on any atom is 0.326 e. The Morgan fingerprint density at radius 1 is 1.37 bits per heavy atom. The Morgan fingerprint density at radius 2 is 2.11 bits per heavy atom. The molecule has 1 aliphatic rings. The number of carboxylic acids is 1. The minimum Gasteiger partial charge on any atom is -0.486 e. The number of benzene rings is 1. The molecule has 0 aromatic heterocycles. The van der Waals surface area contributed by atoms with E-state index in [-0.39, 0.29) is 5.56 Å². The van der Waals surface area contributed by atoms with Crippen LogP contribution >= 0.6 is 0 Å².